The van der Waals surface area contributed by atoms with Crippen LogP contribution in [0.2, 0.25) is 0 Å². The summed E-state index contributed by atoms with van der Waals surface area (Å²) in [5.74, 6) is -4.17. The van der Waals surface area contributed by atoms with E-state index in [9.17, 15) is 33.4 Å². The first kappa shape index (κ1) is 27.2. The maximum absolute atomic E-state index is 14.0. The van der Waals surface area contributed by atoms with Gasteiger partial charge in [-0.2, -0.15) is 0 Å². The van der Waals surface area contributed by atoms with E-state index in [1.807, 2.05) is 0 Å². The summed E-state index contributed by atoms with van der Waals surface area (Å²) < 4.78 is 27.1. The van der Waals surface area contributed by atoms with Gasteiger partial charge in [0.25, 0.3) is 0 Å². The van der Waals surface area contributed by atoms with Gasteiger partial charge in [-0.3, -0.25) is 14.6 Å². The van der Waals surface area contributed by atoms with E-state index in [1.165, 1.54) is 6.92 Å². The van der Waals surface area contributed by atoms with Gasteiger partial charge in [0.15, 0.2) is 11.7 Å². The lowest BCUT2D eigenvalue weighted by Crippen LogP contribution is -2.46. The van der Waals surface area contributed by atoms with E-state index in [0.717, 1.165) is 12.1 Å². The Bertz CT molecular complexity index is 1290. The quantitative estimate of drug-likeness (QED) is 0.236. The van der Waals surface area contributed by atoms with Gasteiger partial charge >= 0.3 is 6.03 Å². The number of carbonyl (C=O) groups excluding carboxylic acids is 3. The number of nitrogens with one attached hydrogen (secondary N) is 4. The van der Waals surface area contributed by atoms with Crippen LogP contribution in [0.25, 0.3) is 0 Å². The molecule has 0 spiro atoms. The second-order valence-electron chi connectivity index (χ2n) is 8.87. The minimum atomic E-state index is -1.04. The number of anilines is 1. The number of urea groups is 1. The molecular formula is C26H28F2N4O5. The van der Waals surface area contributed by atoms with E-state index in [-0.39, 0.29) is 35.0 Å². The van der Waals surface area contributed by atoms with Crippen molar-refractivity contribution in [1.29, 1.82) is 0 Å². The number of aromatic hydroxyl groups is 2. The molecule has 0 radical (unpaired) electrons. The molecule has 2 aromatic carbocycles. The van der Waals surface area contributed by atoms with Crippen LogP contribution in [0.1, 0.15) is 47.8 Å². The van der Waals surface area contributed by atoms with Gasteiger partial charge in [0.1, 0.15) is 11.6 Å². The highest BCUT2D eigenvalue weighted by Gasteiger charge is 2.31. The first-order chi connectivity index (χ1) is 17.5. The summed E-state index contributed by atoms with van der Waals surface area (Å²) in [5.41, 5.74) is 0.347. The number of aromatic amines is 1. The predicted octanol–water partition coefficient (Wildman–Crippen LogP) is 4.29. The Hall–Kier alpha value is -4.41. The topological polar surface area (TPSA) is 144 Å². The number of hydrogen-bond acceptors (Lipinski definition) is 5. The summed E-state index contributed by atoms with van der Waals surface area (Å²) in [7, 11) is 0. The molecule has 196 valence electrons. The van der Waals surface area contributed by atoms with Crippen LogP contribution >= 0.6 is 0 Å². The first-order valence-corrected chi connectivity index (χ1v) is 11.5. The summed E-state index contributed by atoms with van der Waals surface area (Å²) >= 11 is 0. The van der Waals surface area contributed by atoms with Crippen molar-refractivity contribution in [2.24, 2.45) is 5.92 Å². The Morgan fingerprint density at radius 1 is 0.973 bits per heavy atom. The van der Waals surface area contributed by atoms with Crippen LogP contribution in [-0.4, -0.2) is 39.0 Å². The van der Waals surface area contributed by atoms with Gasteiger partial charge in [-0.25, -0.2) is 13.6 Å². The molecule has 0 saturated carbocycles. The number of hydrogen-bond donors (Lipinski definition) is 6. The third kappa shape index (κ3) is 6.63. The third-order valence-corrected chi connectivity index (χ3v) is 5.79. The average molecular weight is 515 g/mol. The van der Waals surface area contributed by atoms with Gasteiger partial charge in [0.2, 0.25) is 11.8 Å². The van der Waals surface area contributed by atoms with Gasteiger partial charge in [-0.1, -0.05) is 44.2 Å². The van der Waals surface area contributed by atoms with Crippen LogP contribution < -0.4 is 16.0 Å². The molecule has 0 aliphatic carbocycles. The van der Waals surface area contributed by atoms with E-state index < -0.39 is 47.3 Å². The molecular weight excluding hydrogens is 486 g/mol. The van der Waals surface area contributed by atoms with Gasteiger partial charge in [-0.05, 0) is 30.5 Å². The second-order valence-corrected chi connectivity index (χ2v) is 8.87. The summed E-state index contributed by atoms with van der Waals surface area (Å²) in [6.45, 7) is 4.87. The standard InChI is InChI=1S/C26H28F2N4O5/c1-13(2)22(23(34)21-14(3)24(35)32-25(21)36)31-20(33)12-19(15-7-5-4-6-8-15)30-26(37)29-18-10-9-16(27)11-17(18)28/h4-11,13,19,22,32,35-36H,12H2,1-3H3,(H,31,33)(H2,29,30,37)/t19?,22-/m0/s1. The lowest BCUT2D eigenvalue weighted by Gasteiger charge is -2.24. The molecule has 37 heavy (non-hydrogen) atoms. The smallest absolute Gasteiger partial charge is 0.319 e. The van der Waals surface area contributed by atoms with Crippen LogP contribution in [0.4, 0.5) is 19.3 Å². The minimum absolute atomic E-state index is 0.130. The molecule has 6 N–H and O–H groups in total. The van der Waals surface area contributed by atoms with Crippen molar-refractivity contribution in [3.8, 4) is 11.8 Å². The van der Waals surface area contributed by atoms with E-state index in [0.29, 0.717) is 11.6 Å². The summed E-state index contributed by atoms with van der Waals surface area (Å²) in [5, 5.41) is 27.4. The van der Waals surface area contributed by atoms with Crippen LogP contribution in [0, 0.1) is 24.5 Å². The van der Waals surface area contributed by atoms with Crippen LogP contribution in [0.15, 0.2) is 48.5 Å². The maximum Gasteiger partial charge on any atom is 0.319 e. The van der Waals surface area contributed by atoms with E-state index in [2.05, 4.69) is 20.9 Å². The van der Waals surface area contributed by atoms with Crippen molar-refractivity contribution in [3.05, 3.63) is 76.9 Å². The molecule has 1 aromatic heterocycles. The van der Waals surface area contributed by atoms with Crippen molar-refractivity contribution >= 4 is 23.4 Å². The lowest BCUT2D eigenvalue weighted by atomic mass is 9.93. The Morgan fingerprint density at radius 2 is 1.65 bits per heavy atom. The largest absolute Gasteiger partial charge is 0.494 e. The molecule has 3 amide bonds. The van der Waals surface area contributed by atoms with Gasteiger partial charge in [-0.15, -0.1) is 0 Å². The highest BCUT2D eigenvalue weighted by atomic mass is 19.1. The van der Waals surface area contributed by atoms with Crippen molar-refractivity contribution in [2.75, 3.05) is 5.32 Å². The first-order valence-electron chi connectivity index (χ1n) is 11.5. The van der Waals surface area contributed by atoms with E-state index in [4.69, 9.17) is 0 Å². The van der Waals surface area contributed by atoms with Crippen LogP contribution in [0.3, 0.4) is 0 Å². The molecule has 3 rings (SSSR count). The van der Waals surface area contributed by atoms with E-state index in [1.54, 1.807) is 44.2 Å². The van der Waals surface area contributed by atoms with E-state index >= 15 is 0 Å². The fraction of sp³-hybridized carbons (Fsp3) is 0.269. The van der Waals surface area contributed by atoms with Crippen molar-refractivity contribution < 1.29 is 33.4 Å². The molecule has 0 saturated heterocycles. The van der Waals surface area contributed by atoms with Crippen molar-refractivity contribution in [3.63, 3.8) is 0 Å². The third-order valence-electron chi connectivity index (χ3n) is 5.79. The minimum Gasteiger partial charge on any atom is -0.494 e. The maximum atomic E-state index is 14.0. The molecule has 11 heteroatoms. The molecule has 1 unspecified atom stereocenters. The number of H-pyrrole nitrogens is 1. The second kappa shape index (κ2) is 11.5. The number of halogens is 2. The summed E-state index contributed by atoms with van der Waals surface area (Å²) in [6.07, 6.45) is -0.275. The van der Waals surface area contributed by atoms with Crippen LogP contribution in [0.5, 0.6) is 11.8 Å². The predicted molar refractivity (Wildman–Crippen MR) is 132 cm³/mol. The number of ketones is 1. The number of amides is 3. The van der Waals surface area contributed by atoms with Crippen molar-refractivity contribution in [2.45, 2.75) is 39.3 Å². The van der Waals surface area contributed by atoms with Crippen molar-refractivity contribution in [1.82, 2.24) is 15.6 Å². The lowest BCUT2D eigenvalue weighted by molar-refractivity contribution is -0.122. The highest BCUT2D eigenvalue weighted by molar-refractivity contribution is 6.05. The van der Waals surface area contributed by atoms with Gasteiger partial charge in [0, 0.05) is 11.6 Å². The molecule has 0 aliphatic rings. The molecule has 0 bridgehead atoms. The molecule has 0 fully saturated rings. The summed E-state index contributed by atoms with van der Waals surface area (Å²) in [6, 6.07) is 8.52. The van der Waals surface area contributed by atoms with Gasteiger partial charge < -0.3 is 26.2 Å². The fourth-order valence-corrected chi connectivity index (χ4v) is 3.82. The van der Waals surface area contributed by atoms with Crippen LogP contribution in [-0.2, 0) is 4.79 Å². The Morgan fingerprint density at radius 3 is 2.22 bits per heavy atom. The number of benzene rings is 2. The average Bonchev–Trinajstić information content (AvgIpc) is 3.09. The number of rotatable bonds is 9. The highest BCUT2D eigenvalue weighted by Crippen LogP contribution is 2.30. The fourth-order valence-electron chi connectivity index (χ4n) is 3.82. The molecule has 2 atom stereocenters. The Labute approximate surface area is 211 Å². The summed E-state index contributed by atoms with van der Waals surface area (Å²) in [4.78, 5) is 41.0. The zero-order chi connectivity index (χ0) is 27.3. The number of carbonyl (C=O) groups is 3. The van der Waals surface area contributed by atoms with Gasteiger partial charge in [0.05, 0.1) is 29.8 Å². The number of aromatic nitrogens is 1. The Balaban J connectivity index is 1.77. The monoisotopic (exact) mass is 514 g/mol. The molecule has 0 aliphatic heterocycles. The Kier molecular flexibility index (Phi) is 8.49. The normalized spacial score (nSPS) is 12.6. The molecule has 3 aromatic rings. The molecule has 9 nitrogen and oxygen atoms in total. The zero-order valence-electron chi connectivity index (χ0n) is 20.4. The number of Topliss-reactive ketones (excluding diaryl/α,β-unsaturated/α-hetero) is 1. The zero-order valence-corrected chi connectivity index (χ0v) is 20.4. The SMILES string of the molecule is Cc1c(O)[nH]c(O)c1C(=O)[C@@H](NC(=O)CC(NC(=O)Nc1ccc(F)cc1F)c1ccccc1)C(C)C. The molecule has 1 heterocycles.